The van der Waals surface area contributed by atoms with E-state index >= 15 is 0 Å². The van der Waals surface area contributed by atoms with Crippen molar-refractivity contribution in [3.8, 4) is 0 Å². The number of aliphatic hydroxyl groups is 1. The largest absolute Gasteiger partial charge is 0.392 e. The van der Waals surface area contributed by atoms with Crippen LogP contribution in [0.1, 0.15) is 5.56 Å². The molecule has 1 radical (unpaired) electrons. The fourth-order valence-electron chi connectivity index (χ4n) is 0.402. The molecular weight excluding hydrogens is 90.1 g/mol. The third-order valence-electron chi connectivity index (χ3n) is 0.781. The molecule has 0 bridgehead atoms. The van der Waals surface area contributed by atoms with Crippen LogP contribution in [0.5, 0.6) is 0 Å². The third kappa shape index (κ3) is 0.810. The van der Waals surface area contributed by atoms with Crippen LogP contribution in [0, 0.1) is 6.20 Å². The van der Waals surface area contributed by atoms with Gasteiger partial charge in [-0.1, -0.05) is 0 Å². The Bertz CT molecular complexity index is 123. The summed E-state index contributed by atoms with van der Waals surface area (Å²) < 4.78 is 0. The number of aliphatic hydroxyl groups excluding tert-OH is 1. The lowest BCUT2D eigenvalue weighted by molar-refractivity contribution is 0.282. The van der Waals surface area contributed by atoms with Gasteiger partial charge in [-0.3, -0.25) is 0 Å². The van der Waals surface area contributed by atoms with Crippen molar-refractivity contribution in [3.05, 3.63) is 24.0 Å². The lowest BCUT2D eigenvalue weighted by Gasteiger charge is -1.78. The predicted molar refractivity (Wildman–Crippen MR) is 25.6 cm³/mol. The molecule has 0 saturated carbocycles. The molecule has 2 N–H and O–H groups in total. The summed E-state index contributed by atoms with van der Waals surface area (Å²) in [5.41, 5.74) is 0.875. The van der Waals surface area contributed by atoms with Gasteiger partial charge in [-0.05, 0) is 11.6 Å². The predicted octanol–water partition coefficient (Wildman–Crippen LogP) is 0.307. The molecule has 0 amide bonds. The minimum absolute atomic E-state index is 0.0972. The van der Waals surface area contributed by atoms with Crippen molar-refractivity contribution in [2.75, 3.05) is 0 Å². The van der Waals surface area contributed by atoms with E-state index in [-0.39, 0.29) is 6.61 Å². The monoisotopic (exact) mass is 96.0 g/mol. The molecule has 1 rings (SSSR count). The Morgan fingerprint density at radius 3 is 3.00 bits per heavy atom. The van der Waals surface area contributed by atoms with Crippen LogP contribution in [0.25, 0.3) is 0 Å². The Morgan fingerprint density at radius 1 is 1.86 bits per heavy atom. The molecule has 0 aromatic carbocycles. The van der Waals surface area contributed by atoms with Gasteiger partial charge in [0, 0.05) is 6.20 Å². The first-order valence-electron chi connectivity index (χ1n) is 2.07. The average molecular weight is 96.1 g/mol. The van der Waals surface area contributed by atoms with Crippen LogP contribution in [-0.4, -0.2) is 10.1 Å². The van der Waals surface area contributed by atoms with Gasteiger partial charge in [-0.25, -0.2) is 0 Å². The van der Waals surface area contributed by atoms with Crippen LogP contribution < -0.4 is 0 Å². The average Bonchev–Trinajstić information content (AvgIpc) is 2.14. The standard InChI is InChI=1S/C5H6NO/c7-4-5-1-2-6-3-5/h1,3,6-7H,4H2. The van der Waals surface area contributed by atoms with Crippen LogP contribution in [0.4, 0.5) is 0 Å². The minimum Gasteiger partial charge on any atom is -0.392 e. The quantitative estimate of drug-likeness (QED) is 0.518. The first-order valence-corrected chi connectivity index (χ1v) is 2.07. The number of H-pyrrole nitrogens is 1. The fourth-order valence-corrected chi connectivity index (χ4v) is 0.402. The van der Waals surface area contributed by atoms with Crippen LogP contribution in [-0.2, 0) is 6.61 Å². The lowest BCUT2D eigenvalue weighted by Crippen LogP contribution is -1.72. The van der Waals surface area contributed by atoms with Gasteiger partial charge in [0.15, 0.2) is 0 Å². The molecule has 2 nitrogen and oxygen atoms in total. The summed E-state index contributed by atoms with van der Waals surface area (Å²) in [5.74, 6) is 0. The summed E-state index contributed by atoms with van der Waals surface area (Å²) in [4.78, 5) is 2.70. The van der Waals surface area contributed by atoms with Crippen molar-refractivity contribution in [2.45, 2.75) is 6.61 Å². The fraction of sp³-hybridized carbons (Fsp3) is 0.200. The minimum atomic E-state index is 0.0972. The Kier molecular flexibility index (Phi) is 1.13. The molecule has 37 valence electrons. The van der Waals surface area contributed by atoms with Gasteiger partial charge in [0.1, 0.15) is 0 Å². The molecule has 0 fully saturated rings. The van der Waals surface area contributed by atoms with E-state index < -0.39 is 0 Å². The normalized spacial score (nSPS) is 9.29. The molecule has 0 aliphatic heterocycles. The second-order valence-corrected chi connectivity index (χ2v) is 1.31. The molecule has 1 aromatic heterocycles. The van der Waals surface area contributed by atoms with Gasteiger partial charge >= 0.3 is 0 Å². The van der Waals surface area contributed by atoms with E-state index in [0.717, 1.165) is 5.56 Å². The van der Waals surface area contributed by atoms with Crippen molar-refractivity contribution in [3.63, 3.8) is 0 Å². The van der Waals surface area contributed by atoms with Crippen LogP contribution in [0.15, 0.2) is 12.3 Å². The van der Waals surface area contributed by atoms with Crippen molar-refractivity contribution in [1.29, 1.82) is 0 Å². The molecular formula is C5H6NO. The van der Waals surface area contributed by atoms with Gasteiger partial charge in [0.25, 0.3) is 0 Å². The van der Waals surface area contributed by atoms with Gasteiger partial charge in [-0.15, -0.1) is 0 Å². The van der Waals surface area contributed by atoms with E-state index in [4.69, 9.17) is 5.11 Å². The highest BCUT2D eigenvalue weighted by Crippen LogP contribution is 1.91. The topological polar surface area (TPSA) is 36.0 Å². The summed E-state index contributed by atoms with van der Waals surface area (Å²) in [5, 5.41) is 8.39. The number of hydrogen-bond acceptors (Lipinski definition) is 1. The zero-order valence-corrected chi connectivity index (χ0v) is 3.81. The molecule has 2 heteroatoms. The third-order valence-corrected chi connectivity index (χ3v) is 0.781. The number of aromatic nitrogens is 1. The van der Waals surface area contributed by atoms with E-state index in [9.17, 15) is 0 Å². The first-order chi connectivity index (χ1) is 3.43. The summed E-state index contributed by atoms with van der Waals surface area (Å²) >= 11 is 0. The Morgan fingerprint density at radius 2 is 2.71 bits per heavy atom. The maximum Gasteiger partial charge on any atom is 0.0696 e. The second-order valence-electron chi connectivity index (χ2n) is 1.31. The zero-order valence-electron chi connectivity index (χ0n) is 3.81. The highest BCUT2D eigenvalue weighted by molar-refractivity contribution is 5.04. The van der Waals surface area contributed by atoms with E-state index in [1.165, 1.54) is 0 Å². The molecule has 1 aromatic rings. The molecule has 0 aliphatic rings. The molecule has 0 aliphatic carbocycles. The Balaban J connectivity index is 2.76. The van der Waals surface area contributed by atoms with Crippen molar-refractivity contribution in [2.24, 2.45) is 0 Å². The number of hydrogen-bond donors (Lipinski definition) is 2. The van der Waals surface area contributed by atoms with Crippen LogP contribution >= 0.6 is 0 Å². The van der Waals surface area contributed by atoms with Crippen LogP contribution in [0.2, 0.25) is 0 Å². The van der Waals surface area contributed by atoms with Gasteiger partial charge in [-0.2, -0.15) is 0 Å². The Labute approximate surface area is 41.8 Å². The zero-order chi connectivity index (χ0) is 5.11. The summed E-state index contributed by atoms with van der Waals surface area (Å²) in [6.45, 7) is 0.0972. The second kappa shape index (κ2) is 1.80. The molecule has 7 heavy (non-hydrogen) atoms. The maximum atomic E-state index is 8.39. The highest BCUT2D eigenvalue weighted by Gasteiger charge is 1.83. The molecule has 0 spiro atoms. The first kappa shape index (κ1) is 4.40. The van der Waals surface area contributed by atoms with Gasteiger partial charge < -0.3 is 10.1 Å². The van der Waals surface area contributed by atoms with Crippen molar-refractivity contribution < 1.29 is 5.11 Å². The van der Waals surface area contributed by atoms with E-state index in [2.05, 4.69) is 11.2 Å². The van der Waals surface area contributed by atoms with Crippen molar-refractivity contribution in [1.82, 2.24) is 4.98 Å². The van der Waals surface area contributed by atoms with E-state index in [1.54, 1.807) is 12.3 Å². The van der Waals surface area contributed by atoms with Crippen LogP contribution in [0.3, 0.4) is 0 Å². The highest BCUT2D eigenvalue weighted by atomic mass is 16.3. The maximum absolute atomic E-state index is 8.39. The number of nitrogens with one attached hydrogen (secondary N) is 1. The summed E-state index contributed by atoms with van der Waals surface area (Å²) in [6.07, 6.45) is 4.40. The number of rotatable bonds is 1. The molecule has 0 saturated heterocycles. The van der Waals surface area contributed by atoms with Gasteiger partial charge in [0.2, 0.25) is 0 Å². The summed E-state index contributed by atoms with van der Waals surface area (Å²) in [7, 11) is 0. The Hall–Kier alpha value is -0.760. The summed E-state index contributed by atoms with van der Waals surface area (Å²) in [6, 6.07) is 1.71. The van der Waals surface area contributed by atoms with E-state index in [0.29, 0.717) is 0 Å². The molecule has 1 heterocycles. The van der Waals surface area contributed by atoms with Crippen molar-refractivity contribution >= 4 is 0 Å². The SMILES string of the molecule is OCc1c[c][nH]c1. The smallest absolute Gasteiger partial charge is 0.0696 e. The van der Waals surface area contributed by atoms with Gasteiger partial charge in [0.05, 0.1) is 12.8 Å². The molecule has 0 atom stereocenters. The lowest BCUT2D eigenvalue weighted by atomic mass is 10.4. The molecule has 0 unspecified atom stereocenters. The number of aromatic amines is 1. The van der Waals surface area contributed by atoms with E-state index in [1.807, 2.05) is 0 Å².